The maximum atomic E-state index is 5.71. The van der Waals surface area contributed by atoms with Gasteiger partial charge in [-0.1, -0.05) is 64.7 Å². The number of hydrogen-bond donors (Lipinski definition) is 0. The molecule has 7 nitrogen and oxygen atoms in total. The largest absolute Gasteiger partial charge is 0.764 e. The van der Waals surface area contributed by atoms with Gasteiger partial charge in [0, 0.05) is 6.61 Å². The van der Waals surface area contributed by atoms with Crippen molar-refractivity contribution in [3.63, 3.8) is 0 Å². The Morgan fingerprint density at radius 2 is 0.885 bits per heavy atom. The van der Waals surface area contributed by atoms with Gasteiger partial charge in [-0.15, -0.1) is 0 Å². The molecule has 0 aromatic carbocycles. The predicted octanol–water partition coefficient (Wildman–Crippen LogP) is 5.26. The highest BCUT2D eigenvalue weighted by Gasteiger charge is 2.52. The molecule has 8 heteroatoms. The van der Waals surface area contributed by atoms with E-state index in [1.807, 2.05) is 0 Å². The van der Waals surface area contributed by atoms with Gasteiger partial charge in [0.1, 0.15) is 0 Å². The second-order valence-corrected chi connectivity index (χ2v) is 7.79. The lowest BCUT2D eigenvalue weighted by atomic mass is 10.1. The highest BCUT2D eigenvalue weighted by atomic mass is 28.4. The van der Waals surface area contributed by atoms with Crippen molar-refractivity contribution in [2.45, 2.75) is 91.9 Å². The van der Waals surface area contributed by atoms with E-state index in [-0.39, 0.29) is 0 Å². The summed E-state index contributed by atoms with van der Waals surface area (Å²) in [5.74, 6) is 0. The Labute approximate surface area is 160 Å². The van der Waals surface area contributed by atoms with Crippen LogP contribution < -0.4 is 0 Å². The molecule has 0 saturated heterocycles. The Morgan fingerprint density at radius 1 is 0.500 bits per heavy atom. The van der Waals surface area contributed by atoms with E-state index in [1.165, 1.54) is 51.4 Å². The van der Waals surface area contributed by atoms with Crippen molar-refractivity contribution >= 4 is 9.05 Å². The zero-order valence-corrected chi connectivity index (χ0v) is 18.3. The number of rotatable bonds is 21. The molecule has 0 aliphatic carbocycles. The third-order valence-electron chi connectivity index (χ3n) is 3.61. The first-order valence-electron chi connectivity index (χ1n) is 10.3. The van der Waals surface area contributed by atoms with Crippen LogP contribution in [0.1, 0.15) is 91.9 Å². The average Bonchev–Trinajstić information content (AvgIpc) is 2.66. The maximum absolute atomic E-state index is 5.71. The molecule has 0 rings (SSSR count). The van der Waals surface area contributed by atoms with Gasteiger partial charge in [0.2, 0.25) is 0 Å². The highest BCUT2D eigenvalue weighted by molar-refractivity contribution is 6.52. The van der Waals surface area contributed by atoms with Crippen LogP contribution in [0.15, 0.2) is 0 Å². The lowest BCUT2D eigenvalue weighted by Gasteiger charge is -2.23. The Bertz CT molecular complexity index is 260. The van der Waals surface area contributed by atoms with E-state index in [1.54, 1.807) is 20.8 Å². The third kappa shape index (κ3) is 15.0. The zero-order chi connectivity index (χ0) is 19.3. The maximum Gasteiger partial charge on any atom is 0.764 e. The molecule has 0 spiro atoms. The topological polar surface area (TPSA) is 64.6 Å². The van der Waals surface area contributed by atoms with Crippen LogP contribution in [-0.4, -0.2) is 35.5 Å². The predicted molar refractivity (Wildman–Crippen MR) is 102 cm³/mol. The lowest BCUT2D eigenvalue weighted by Crippen LogP contribution is -2.49. The smallest absolute Gasteiger partial charge is 0.347 e. The standard InChI is InChI=1S/C18H40O7Si/c1-5-9-10-11-12-13-14-15-16-17-18-22-26(23-19-6-2,24-20-7-3)25-21-8-4/h5-18H2,1-4H3. The van der Waals surface area contributed by atoms with E-state index < -0.39 is 9.05 Å². The summed E-state index contributed by atoms with van der Waals surface area (Å²) in [5.41, 5.74) is 0. The van der Waals surface area contributed by atoms with Crippen LogP contribution >= 0.6 is 0 Å². The number of unbranched alkanes of at least 4 members (excludes halogenated alkanes) is 9. The molecule has 0 aromatic rings. The minimum Gasteiger partial charge on any atom is -0.347 e. The van der Waals surface area contributed by atoms with E-state index in [0.29, 0.717) is 26.4 Å². The molecular weight excluding hydrogens is 356 g/mol. The fourth-order valence-electron chi connectivity index (χ4n) is 2.29. The monoisotopic (exact) mass is 396 g/mol. The van der Waals surface area contributed by atoms with Gasteiger partial charge in [-0.05, 0) is 27.2 Å². The SMILES string of the molecule is CCCCCCCCCCCCO[Si](OOCC)(OOCC)OOCC. The fraction of sp³-hybridized carbons (Fsp3) is 1.00. The van der Waals surface area contributed by atoms with Crippen LogP contribution in [0.5, 0.6) is 0 Å². The molecule has 0 aromatic heterocycles. The molecule has 0 amide bonds. The zero-order valence-electron chi connectivity index (χ0n) is 17.3. The van der Waals surface area contributed by atoms with E-state index in [9.17, 15) is 0 Å². The van der Waals surface area contributed by atoms with Gasteiger partial charge in [0.25, 0.3) is 0 Å². The molecule has 0 bridgehead atoms. The molecule has 0 heterocycles. The summed E-state index contributed by atoms with van der Waals surface area (Å²) >= 11 is 0. The van der Waals surface area contributed by atoms with Crippen molar-refractivity contribution in [1.82, 2.24) is 0 Å². The molecule has 0 fully saturated rings. The summed E-state index contributed by atoms with van der Waals surface area (Å²) in [4.78, 5) is 14.9. The Morgan fingerprint density at radius 3 is 1.27 bits per heavy atom. The summed E-state index contributed by atoms with van der Waals surface area (Å²) in [6.07, 6.45) is 12.5. The summed E-state index contributed by atoms with van der Waals surface area (Å²) in [6, 6.07) is 0. The van der Waals surface area contributed by atoms with Crippen LogP contribution in [0.25, 0.3) is 0 Å². The second kappa shape index (κ2) is 19.7. The summed E-state index contributed by atoms with van der Waals surface area (Å²) in [6.45, 7) is 9.08. The highest BCUT2D eigenvalue weighted by Crippen LogP contribution is 2.16. The first kappa shape index (κ1) is 25.9. The normalized spacial score (nSPS) is 12.0. The van der Waals surface area contributed by atoms with E-state index in [2.05, 4.69) is 6.92 Å². The van der Waals surface area contributed by atoms with E-state index >= 15 is 0 Å². The van der Waals surface area contributed by atoms with Crippen molar-refractivity contribution in [1.29, 1.82) is 0 Å². The van der Waals surface area contributed by atoms with Crippen LogP contribution in [0.3, 0.4) is 0 Å². The van der Waals surface area contributed by atoms with Gasteiger partial charge in [0.15, 0.2) is 0 Å². The fourth-order valence-corrected chi connectivity index (χ4v) is 3.70. The molecule has 0 N–H and O–H groups in total. The number of hydrogen-bond acceptors (Lipinski definition) is 7. The van der Waals surface area contributed by atoms with Gasteiger partial charge < -0.3 is 4.43 Å². The third-order valence-corrected chi connectivity index (χ3v) is 5.14. The molecule has 0 aliphatic heterocycles. The molecular formula is C18H40O7Si. The van der Waals surface area contributed by atoms with Crippen LogP contribution in [-0.2, 0) is 32.8 Å². The van der Waals surface area contributed by atoms with Crippen LogP contribution in [0.2, 0.25) is 0 Å². The minimum absolute atomic E-state index is 0.335. The molecule has 0 aliphatic rings. The van der Waals surface area contributed by atoms with Crippen molar-refractivity contribution in [3.8, 4) is 0 Å². The molecule has 0 atom stereocenters. The first-order chi connectivity index (χ1) is 12.7. The van der Waals surface area contributed by atoms with Gasteiger partial charge in [-0.25, -0.2) is 14.7 Å². The quantitative estimate of drug-likeness (QED) is 0.113. The Kier molecular flexibility index (Phi) is 19.6. The van der Waals surface area contributed by atoms with Gasteiger partial charge in [0.05, 0.1) is 19.8 Å². The first-order valence-corrected chi connectivity index (χ1v) is 11.9. The van der Waals surface area contributed by atoms with Crippen LogP contribution in [0.4, 0.5) is 0 Å². The van der Waals surface area contributed by atoms with Crippen molar-refractivity contribution in [2.75, 3.05) is 26.4 Å². The van der Waals surface area contributed by atoms with Gasteiger partial charge >= 0.3 is 9.05 Å². The minimum atomic E-state index is -3.62. The lowest BCUT2D eigenvalue weighted by molar-refractivity contribution is -0.385. The molecule has 0 radical (unpaired) electrons. The second-order valence-electron chi connectivity index (χ2n) is 6.00. The van der Waals surface area contributed by atoms with Crippen molar-refractivity contribution in [2.24, 2.45) is 0 Å². The Hall–Kier alpha value is -0.0631. The van der Waals surface area contributed by atoms with Crippen molar-refractivity contribution in [3.05, 3.63) is 0 Å². The molecule has 0 unspecified atom stereocenters. The van der Waals surface area contributed by atoms with Gasteiger partial charge in [-0.3, -0.25) is 0 Å². The summed E-state index contributed by atoms with van der Waals surface area (Å²) in [5, 5.41) is 0. The molecule has 158 valence electrons. The average molecular weight is 397 g/mol. The van der Waals surface area contributed by atoms with E-state index in [4.69, 9.17) is 32.8 Å². The summed E-state index contributed by atoms with van der Waals surface area (Å²) < 4.78 is 21.3. The molecule has 0 saturated carbocycles. The Balaban J connectivity index is 3.95. The summed E-state index contributed by atoms with van der Waals surface area (Å²) in [7, 11) is -3.62. The van der Waals surface area contributed by atoms with Crippen LogP contribution in [0, 0.1) is 0 Å². The molecule has 26 heavy (non-hydrogen) atoms. The van der Waals surface area contributed by atoms with Gasteiger partial charge in [-0.2, -0.15) is 13.7 Å². The van der Waals surface area contributed by atoms with E-state index in [0.717, 1.165) is 12.8 Å². The van der Waals surface area contributed by atoms with Crippen molar-refractivity contribution < 1.29 is 32.8 Å².